The molecule has 18 heavy (non-hydrogen) atoms. The van der Waals surface area contributed by atoms with Gasteiger partial charge in [0.05, 0.1) is 5.69 Å². The summed E-state index contributed by atoms with van der Waals surface area (Å²) in [6.45, 7) is 9.41. The SMILES string of the molecule is Cc1ccc(N2CCN(C(C)CN)CC2)c(Br)c1. The third-order valence-corrected chi connectivity index (χ3v) is 4.36. The van der Waals surface area contributed by atoms with Gasteiger partial charge in [0, 0.05) is 43.2 Å². The first kappa shape index (κ1) is 13.8. The topological polar surface area (TPSA) is 32.5 Å². The normalized spacial score (nSPS) is 19.0. The number of rotatable bonds is 3. The molecule has 1 aliphatic heterocycles. The molecule has 0 saturated carbocycles. The van der Waals surface area contributed by atoms with Crippen LogP contribution < -0.4 is 10.6 Å². The third-order valence-electron chi connectivity index (χ3n) is 3.72. The molecule has 0 aromatic heterocycles. The molecule has 100 valence electrons. The molecule has 0 spiro atoms. The molecule has 4 heteroatoms. The van der Waals surface area contributed by atoms with E-state index < -0.39 is 0 Å². The maximum Gasteiger partial charge on any atom is 0.0511 e. The molecule has 1 saturated heterocycles. The maximum absolute atomic E-state index is 5.73. The van der Waals surface area contributed by atoms with Crippen LogP contribution in [-0.2, 0) is 0 Å². The van der Waals surface area contributed by atoms with Crippen LogP contribution in [0.2, 0.25) is 0 Å². The number of aryl methyl sites for hydroxylation is 1. The lowest BCUT2D eigenvalue weighted by Crippen LogP contribution is -2.51. The Labute approximate surface area is 118 Å². The van der Waals surface area contributed by atoms with Crippen LogP contribution in [0, 0.1) is 6.92 Å². The van der Waals surface area contributed by atoms with Crippen LogP contribution in [0.1, 0.15) is 12.5 Å². The van der Waals surface area contributed by atoms with Crippen molar-refractivity contribution in [3.05, 3.63) is 28.2 Å². The highest BCUT2D eigenvalue weighted by atomic mass is 79.9. The molecule has 1 unspecified atom stereocenters. The van der Waals surface area contributed by atoms with Gasteiger partial charge in [0.1, 0.15) is 0 Å². The summed E-state index contributed by atoms with van der Waals surface area (Å²) in [6.07, 6.45) is 0. The molecule has 1 aromatic rings. The number of piperazine rings is 1. The van der Waals surface area contributed by atoms with Crippen LogP contribution in [-0.4, -0.2) is 43.7 Å². The molecule has 0 radical (unpaired) electrons. The molecule has 1 aromatic carbocycles. The summed E-state index contributed by atoms with van der Waals surface area (Å²) >= 11 is 3.67. The Morgan fingerprint density at radius 1 is 1.28 bits per heavy atom. The average Bonchev–Trinajstić information content (AvgIpc) is 2.38. The van der Waals surface area contributed by atoms with Crippen molar-refractivity contribution < 1.29 is 0 Å². The zero-order valence-electron chi connectivity index (χ0n) is 11.2. The van der Waals surface area contributed by atoms with E-state index in [-0.39, 0.29) is 0 Å². The summed E-state index contributed by atoms with van der Waals surface area (Å²) in [5.41, 5.74) is 8.33. The maximum atomic E-state index is 5.73. The second kappa shape index (κ2) is 6.04. The second-order valence-electron chi connectivity index (χ2n) is 5.06. The molecule has 1 aliphatic rings. The lowest BCUT2D eigenvalue weighted by atomic mass is 10.2. The van der Waals surface area contributed by atoms with E-state index in [4.69, 9.17) is 5.73 Å². The van der Waals surface area contributed by atoms with Crippen LogP contribution in [0.15, 0.2) is 22.7 Å². The van der Waals surface area contributed by atoms with Crippen LogP contribution in [0.25, 0.3) is 0 Å². The highest BCUT2D eigenvalue weighted by Crippen LogP contribution is 2.28. The smallest absolute Gasteiger partial charge is 0.0511 e. The van der Waals surface area contributed by atoms with Crippen molar-refractivity contribution in [1.82, 2.24) is 4.90 Å². The number of hydrogen-bond acceptors (Lipinski definition) is 3. The molecule has 1 atom stereocenters. The quantitative estimate of drug-likeness (QED) is 0.929. The zero-order chi connectivity index (χ0) is 13.1. The van der Waals surface area contributed by atoms with Gasteiger partial charge in [-0.1, -0.05) is 6.07 Å². The summed E-state index contributed by atoms with van der Waals surface area (Å²) in [5.74, 6) is 0. The predicted molar refractivity (Wildman–Crippen MR) is 81.2 cm³/mol. The zero-order valence-corrected chi connectivity index (χ0v) is 12.8. The summed E-state index contributed by atoms with van der Waals surface area (Å²) in [5, 5.41) is 0. The Balaban J connectivity index is 2.01. The Hall–Kier alpha value is -0.580. The molecule has 0 bridgehead atoms. The number of halogens is 1. The summed E-state index contributed by atoms with van der Waals surface area (Å²) in [7, 11) is 0. The molecule has 1 heterocycles. The number of nitrogens with two attached hydrogens (primary N) is 1. The monoisotopic (exact) mass is 311 g/mol. The molecular weight excluding hydrogens is 290 g/mol. The van der Waals surface area contributed by atoms with E-state index in [9.17, 15) is 0 Å². The van der Waals surface area contributed by atoms with Gasteiger partial charge in [-0.15, -0.1) is 0 Å². The first-order chi connectivity index (χ1) is 8.61. The number of hydrogen-bond donors (Lipinski definition) is 1. The van der Waals surface area contributed by atoms with Gasteiger partial charge >= 0.3 is 0 Å². The van der Waals surface area contributed by atoms with Gasteiger partial charge in [-0.05, 0) is 47.5 Å². The van der Waals surface area contributed by atoms with E-state index in [0.717, 1.165) is 32.7 Å². The van der Waals surface area contributed by atoms with E-state index in [0.29, 0.717) is 6.04 Å². The Kier molecular flexibility index (Phi) is 4.65. The molecule has 0 aliphatic carbocycles. The van der Waals surface area contributed by atoms with Crippen LogP contribution in [0.4, 0.5) is 5.69 Å². The molecule has 3 nitrogen and oxygen atoms in total. The minimum absolute atomic E-state index is 0.494. The van der Waals surface area contributed by atoms with Crippen molar-refractivity contribution in [3.63, 3.8) is 0 Å². The fourth-order valence-electron chi connectivity index (χ4n) is 2.42. The van der Waals surface area contributed by atoms with Crippen molar-refractivity contribution >= 4 is 21.6 Å². The van der Waals surface area contributed by atoms with E-state index in [1.165, 1.54) is 15.7 Å². The number of benzene rings is 1. The van der Waals surface area contributed by atoms with Gasteiger partial charge in [0.2, 0.25) is 0 Å². The first-order valence-corrected chi connectivity index (χ1v) is 7.36. The molecule has 0 amide bonds. The Morgan fingerprint density at radius 3 is 2.50 bits per heavy atom. The molecular formula is C14H22BrN3. The van der Waals surface area contributed by atoms with Crippen molar-refractivity contribution in [2.24, 2.45) is 5.73 Å². The second-order valence-corrected chi connectivity index (χ2v) is 5.92. The van der Waals surface area contributed by atoms with Crippen molar-refractivity contribution in [2.75, 3.05) is 37.6 Å². The third kappa shape index (κ3) is 3.05. The van der Waals surface area contributed by atoms with E-state index in [1.54, 1.807) is 0 Å². The summed E-state index contributed by atoms with van der Waals surface area (Å²) in [6, 6.07) is 7.06. The van der Waals surface area contributed by atoms with E-state index in [1.807, 2.05) is 0 Å². The van der Waals surface area contributed by atoms with Gasteiger partial charge in [0.25, 0.3) is 0 Å². The Morgan fingerprint density at radius 2 is 1.94 bits per heavy atom. The fourth-order valence-corrected chi connectivity index (χ4v) is 3.17. The van der Waals surface area contributed by atoms with Crippen LogP contribution >= 0.6 is 15.9 Å². The van der Waals surface area contributed by atoms with E-state index in [2.05, 4.69) is 57.8 Å². The highest BCUT2D eigenvalue weighted by Gasteiger charge is 2.21. The van der Waals surface area contributed by atoms with Crippen LogP contribution in [0.5, 0.6) is 0 Å². The largest absolute Gasteiger partial charge is 0.368 e. The van der Waals surface area contributed by atoms with Gasteiger partial charge < -0.3 is 10.6 Å². The van der Waals surface area contributed by atoms with E-state index >= 15 is 0 Å². The Bertz CT molecular complexity index is 400. The molecule has 2 rings (SSSR count). The summed E-state index contributed by atoms with van der Waals surface area (Å²) < 4.78 is 1.20. The minimum Gasteiger partial charge on any atom is -0.368 e. The van der Waals surface area contributed by atoms with Crippen molar-refractivity contribution in [3.8, 4) is 0 Å². The average molecular weight is 312 g/mol. The highest BCUT2D eigenvalue weighted by molar-refractivity contribution is 9.10. The number of nitrogens with zero attached hydrogens (tertiary/aromatic N) is 2. The van der Waals surface area contributed by atoms with Gasteiger partial charge in [-0.25, -0.2) is 0 Å². The van der Waals surface area contributed by atoms with Gasteiger partial charge in [-0.3, -0.25) is 4.90 Å². The first-order valence-electron chi connectivity index (χ1n) is 6.57. The van der Waals surface area contributed by atoms with Crippen molar-refractivity contribution in [2.45, 2.75) is 19.9 Å². The summed E-state index contributed by atoms with van der Waals surface area (Å²) in [4.78, 5) is 4.92. The van der Waals surface area contributed by atoms with Crippen molar-refractivity contribution in [1.29, 1.82) is 0 Å². The van der Waals surface area contributed by atoms with Gasteiger partial charge in [0.15, 0.2) is 0 Å². The fraction of sp³-hybridized carbons (Fsp3) is 0.571. The number of anilines is 1. The lowest BCUT2D eigenvalue weighted by molar-refractivity contribution is 0.201. The predicted octanol–water partition coefficient (Wildman–Crippen LogP) is 2.23. The van der Waals surface area contributed by atoms with Gasteiger partial charge in [-0.2, -0.15) is 0 Å². The minimum atomic E-state index is 0.494. The molecule has 1 fully saturated rings. The van der Waals surface area contributed by atoms with Crippen LogP contribution in [0.3, 0.4) is 0 Å². The molecule has 2 N–H and O–H groups in total. The lowest BCUT2D eigenvalue weighted by Gasteiger charge is -2.39. The standard InChI is InChI=1S/C14H22BrN3/c1-11-3-4-14(13(15)9-11)18-7-5-17(6-8-18)12(2)10-16/h3-4,9,12H,5-8,10,16H2,1-2H3.